The number of aldehydes is 1. The first kappa shape index (κ1) is 24.9. The molecule has 2 aromatic carbocycles. The van der Waals surface area contributed by atoms with Gasteiger partial charge in [-0.2, -0.15) is 0 Å². The third-order valence-electron chi connectivity index (χ3n) is 5.22. The van der Waals surface area contributed by atoms with Crippen LogP contribution in [-0.4, -0.2) is 48.0 Å². The maximum atomic E-state index is 13.6. The van der Waals surface area contributed by atoms with Crippen molar-refractivity contribution < 1.29 is 23.5 Å². The van der Waals surface area contributed by atoms with Gasteiger partial charge in [0.2, 0.25) is 0 Å². The summed E-state index contributed by atoms with van der Waals surface area (Å²) in [6, 6.07) is 12.6. The van der Waals surface area contributed by atoms with Crippen LogP contribution in [-0.2, 0) is 16.1 Å². The van der Waals surface area contributed by atoms with Crippen molar-refractivity contribution in [2.45, 2.75) is 25.4 Å². The van der Waals surface area contributed by atoms with Gasteiger partial charge in [0.15, 0.2) is 0 Å². The highest BCUT2D eigenvalue weighted by atomic mass is 35.5. The Kier molecular flexibility index (Phi) is 8.75. The number of ether oxygens (including phenoxy) is 1. The summed E-state index contributed by atoms with van der Waals surface area (Å²) in [5.74, 6) is -0.253. The maximum absolute atomic E-state index is 13.6. The van der Waals surface area contributed by atoms with Gasteiger partial charge in [0.25, 0.3) is 0 Å². The molecule has 0 aliphatic carbocycles. The lowest BCUT2D eigenvalue weighted by Crippen LogP contribution is -2.46. The van der Waals surface area contributed by atoms with E-state index >= 15 is 0 Å². The molecule has 34 heavy (non-hydrogen) atoms. The Labute approximate surface area is 201 Å². The van der Waals surface area contributed by atoms with E-state index in [9.17, 15) is 18.8 Å². The molecule has 3 rings (SSSR count). The number of amides is 3. The van der Waals surface area contributed by atoms with Crippen LogP contribution in [0.4, 0.5) is 19.8 Å². The summed E-state index contributed by atoms with van der Waals surface area (Å²) < 4.78 is 18.9. The summed E-state index contributed by atoms with van der Waals surface area (Å²) in [6.07, 6.45) is 2.09. The number of anilines is 1. The zero-order valence-electron chi connectivity index (χ0n) is 18.5. The van der Waals surface area contributed by atoms with E-state index in [1.54, 1.807) is 18.3 Å². The number of carbonyl (C=O) groups is 3. The Hall–Kier alpha value is -3.72. The fraction of sp³-hybridized carbons (Fsp3) is 0.250. The summed E-state index contributed by atoms with van der Waals surface area (Å²) >= 11 is 5.92. The first-order valence-electron chi connectivity index (χ1n) is 10.5. The lowest BCUT2D eigenvalue weighted by atomic mass is 10.1. The van der Waals surface area contributed by atoms with E-state index in [1.165, 1.54) is 24.1 Å². The lowest BCUT2D eigenvalue weighted by Gasteiger charge is -2.27. The van der Waals surface area contributed by atoms with Crippen molar-refractivity contribution in [3.8, 4) is 0 Å². The minimum atomic E-state index is -0.737. The molecule has 0 bridgehead atoms. The van der Waals surface area contributed by atoms with Crippen molar-refractivity contribution in [1.82, 2.24) is 15.2 Å². The predicted molar refractivity (Wildman–Crippen MR) is 127 cm³/mol. The molecule has 178 valence electrons. The van der Waals surface area contributed by atoms with Crippen molar-refractivity contribution in [3.63, 3.8) is 0 Å². The van der Waals surface area contributed by atoms with E-state index in [2.05, 4.69) is 15.6 Å². The Morgan fingerprint density at radius 1 is 1.21 bits per heavy atom. The molecule has 0 saturated carbocycles. The standard InChI is InChI=1S/C24H24ClFN4O4/c1-30(23(32)28-14-18-8-4-10-20(26)22(18)25)19(9-5-11-31)15-34-24(33)29-21-12-16-6-2-3-7-17(16)13-27-21/h2-4,6-8,10-13,19H,5,9,14-15H2,1H3,(H,28,32)(H,27,29,33). The van der Waals surface area contributed by atoms with Gasteiger partial charge in [-0.25, -0.2) is 19.0 Å². The quantitative estimate of drug-likeness (QED) is 0.424. The van der Waals surface area contributed by atoms with Crippen LogP contribution in [0.25, 0.3) is 10.8 Å². The topological polar surface area (TPSA) is 101 Å². The van der Waals surface area contributed by atoms with Crippen molar-refractivity contribution in [2.75, 3.05) is 19.0 Å². The normalized spacial score (nSPS) is 11.5. The Morgan fingerprint density at radius 2 is 1.97 bits per heavy atom. The van der Waals surface area contributed by atoms with Crippen molar-refractivity contribution in [2.24, 2.45) is 0 Å². The van der Waals surface area contributed by atoms with Gasteiger partial charge in [-0.1, -0.05) is 48.0 Å². The summed E-state index contributed by atoms with van der Waals surface area (Å²) in [5, 5.41) is 6.99. The van der Waals surface area contributed by atoms with Crippen LogP contribution in [0, 0.1) is 5.82 Å². The van der Waals surface area contributed by atoms with Crippen LogP contribution in [0.1, 0.15) is 18.4 Å². The highest BCUT2D eigenvalue weighted by Gasteiger charge is 2.22. The largest absolute Gasteiger partial charge is 0.447 e. The van der Waals surface area contributed by atoms with Crippen LogP contribution in [0.15, 0.2) is 54.7 Å². The highest BCUT2D eigenvalue weighted by molar-refractivity contribution is 6.31. The molecular formula is C24H24ClFN4O4. The smallest absolute Gasteiger partial charge is 0.412 e. The van der Waals surface area contributed by atoms with Crippen molar-refractivity contribution >= 4 is 46.6 Å². The SMILES string of the molecule is CN(C(=O)NCc1cccc(F)c1Cl)C(CCC=O)COC(=O)Nc1cc2ccccc2cn1. The average Bonchev–Trinajstić information content (AvgIpc) is 2.84. The second-order valence-corrected chi connectivity index (χ2v) is 7.90. The monoisotopic (exact) mass is 486 g/mol. The van der Waals surface area contributed by atoms with Gasteiger partial charge in [-0.05, 0) is 29.5 Å². The van der Waals surface area contributed by atoms with E-state index in [0.717, 1.165) is 17.1 Å². The fourth-order valence-electron chi connectivity index (χ4n) is 3.26. The molecule has 0 spiro atoms. The van der Waals surface area contributed by atoms with Gasteiger partial charge in [0, 0.05) is 31.6 Å². The number of hydrogen-bond donors (Lipinski definition) is 2. The van der Waals surface area contributed by atoms with Gasteiger partial charge >= 0.3 is 12.1 Å². The molecule has 8 nitrogen and oxygen atoms in total. The van der Waals surface area contributed by atoms with Crippen molar-refractivity contribution in [3.05, 3.63) is 71.1 Å². The Morgan fingerprint density at radius 3 is 2.74 bits per heavy atom. The van der Waals surface area contributed by atoms with Gasteiger partial charge < -0.3 is 19.7 Å². The number of benzene rings is 2. The summed E-state index contributed by atoms with van der Waals surface area (Å²) in [7, 11) is 1.52. The van der Waals surface area contributed by atoms with Crippen LogP contribution >= 0.6 is 11.6 Å². The third-order valence-corrected chi connectivity index (χ3v) is 5.64. The summed E-state index contributed by atoms with van der Waals surface area (Å²) in [6.45, 7) is -0.132. The number of carbonyl (C=O) groups excluding carboxylic acids is 3. The molecule has 0 aliphatic rings. The van der Waals surface area contributed by atoms with Crippen LogP contribution < -0.4 is 10.6 Å². The second-order valence-electron chi connectivity index (χ2n) is 7.52. The van der Waals surface area contributed by atoms with Gasteiger partial charge in [0.1, 0.15) is 24.5 Å². The summed E-state index contributed by atoms with van der Waals surface area (Å²) in [4.78, 5) is 41.3. The number of urea groups is 1. The third kappa shape index (κ3) is 6.64. The number of nitrogens with zero attached hydrogens (tertiary/aromatic N) is 2. The van der Waals surface area contributed by atoms with Gasteiger partial charge in [-0.3, -0.25) is 5.32 Å². The number of hydrogen-bond acceptors (Lipinski definition) is 5. The number of halogens is 2. The molecule has 10 heteroatoms. The molecule has 0 radical (unpaired) electrons. The van der Waals surface area contributed by atoms with Gasteiger partial charge in [-0.15, -0.1) is 0 Å². The van der Waals surface area contributed by atoms with E-state index in [1.807, 2.05) is 24.3 Å². The molecule has 3 aromatic rings. The van der Waals surface area contributed by atoms with Crippen LogP contribution in [0.3, 0.4) is 0 Å². The fourth-order valence-corrected chi connectivity index (χ4v) is 3.45. The van der Waals surface area contributed by atoms with E-state index in [0.29, 0.717) is 11.4 Å². The van der Waals surface area contributed by atoms with E-state index < -0.39 is 24.0 Å². The molecule has 0 saturated heterocycles. The van der Waals surface area contributed by atoms with Gasteiger partial charge in [0.05, 0.1) is 11.1 Å². The van der Waals surface area contributed by atoms with E-state index in [-0.39, 0.29) is 31.0 Å². The highest BCUT2D eigenvalue weighted by Crippen LogP contribution is 2.20. The maximum Gasteiger partial charge on any atom is 0.412 e. The molecule has 1 atom stereocenters. The summed E-state index contributed by atoms with van der Waals surface area (Å²) in [5.41, 5.74) is 0.423. The molecule has 1 heterocycles. The first-order valence-corrected chi connectivity index (χ1v) is 10.9. The number of pyridine rings is 1. The Bertz CT molecular complexity index is 1180. The molecule has 0 fully saturated rings. The van der Waals surface area contributed by atoms with Crippen LogP contribution in [0.2, 0.25) is 5.02 Å². The number of rotatable bonds is 9. The zero-order chi connectivity index (χ0) is 24.5. The number of aromatic nitrogens is 1. The number of fused-ring (bicyclic) bond motifs is 1. The number of likely N-dealkylation sites (N-methyl/N-ethyl adjacent to an activating group) is 1. The molecular weight excluding hydrogens is 463 g/mol. The predicted octanol–water partition coefficient (Wildman–Crippen LogP) is 4.77. The minimum absolute atomic E-state index is 0.00907. The number of nitrogens with one attached hydrogen (secondary N) is 2. The first-order chi connectivity index (χ1) is 16.4. The molecule has 2 N–H and O–H groups in total. The molecule has 0 aliphatic heterocycles. The molecule has 1 unspecified atom stereocenters. The molecule has 1 aromatic heterocycles. The Balaban J connectivity index is 1.56. The lowest BCUT2D eigenvalue weighted by molar-refractivity contribution is -0.108. The second kappa shape index (κ2) is 11.9. The minimum Gasteiger partial charge on any atom is -0.447 e. The van der Waals surface area contributed by atoms with E-state index in [4.69, 9.17) is 16.3 Å². The average molecular weight is 487 g/mol. The zero-order valence-corrected chi connectivity index (χ0v) is 19.2. The van der Waals surface area contributed by atoms with Crippen molar-refractivity contribution in [1.29, 1.82) is 0 Å². The van der Waals surface area contributed by atoms with Crippen LogP contribution in [0.5, 0.6) is 0 Å². The molecule has 3 amide bonds.